The highest BCUT2D eigenvalue weighted by atomic mass is 16.2. The van der Waals surface area contributed by atoms with E-state index in [-0.39, 0.29) is 11.9 Å². The van der Waals surface area contributed by atoms with Gasteiger partial charge in [-0.2, -0.15) is 0 Å². The van der Waals surface area contributed by atoms with Crippen molar-refractivity contribution in [3.05, 3.63) is 0 Å². The number of hydrogen-bond donors (Lipinski definition) is 1. The third-order valence-corrected chi connectivity index (χ3v) is 3.41. The standard InChI is InChI=1S/C16H34N2O/c1-4-6-8-10-12-18(13-11-9-7-5-2)16(19)14-15(3)17/h15H,4-14,17H2,1-3H3. The van der Waals surface area contributed by atoms with E-state index in [1.807, 2.05) is 11.8 Å². The third kappa shape index (κ3) is 11.0. The molecule has 0 aromatic rings. The summed E-state index contributed by atoms with van der Waals surface area (Å²) in [7, 11) is 0. The second-order valence-electron chi connectivity index (χ2n) is 5.68. The first-order valence-electron chi connectivity index (χ1n) is 8.15. The van der Waals surface area contributed by atoms with E-state index in [4.69, 9.17) is 5.73 Å². The molecule has 0 aliphatic heterocycles. The van der Waals surface area contributed by atoms with E-state index in [2.05, 4.69) is 13.8 Å². The molecular weight excluding hydrogens is 236 g/mol. The van der Waals surface area contributed by atoms with E-state index in [0.29, 0.717) is 6.42 Å². The van der Waals surface area contributed by atoms with Crippen molar-refractivity contribution in [1.82, 2.24) is 4.90 Å². The maximum Gasteiger partial charge on any atom is 0.224 e. The van der Waals surface area contributed by atoms with E-state index < -0.39 is 0 Å². The Morgan fingerprint density at radius 2 is 1.42 bits per heavy atom. The van der Waals surface area contributed by atoms with Gasteiger partial charge in [-0.15, -0.1) is 0 Å². The second kappa shape index (κ2) is 12.5. The van der Waals surface area contributed by atoms with Crippen molar-refractivity contribution < 1.29 is 4.79 Å². The van der Waals surface area contributed by atoms with Gasteiger partial charge in [0.1, 0.15) is 0 Å². The molecule has 0 aliphatic carbocycles. The van der Waals surface area contributed by atoms with Gasteiger partial charge in [-0.25, -0.2) is 0 Å². The molecule has 0 aromatic carbocycles. The van der Waals surface area contributed by atoms with Crippen LogP contribution in [0.3, 0.4) is 0 Å². The summed E-state index contributed by atoms with van der Waals surface area (Å²) in [6.45, 7) is 8.16. The van der Waals surface area contributed by atoms with Gasteiger partial charge < -0.3 is 10.6 Å². The lowest BCUT2D eigenvalue weighted by atomic mass is 10.1. The van der Waals surface area contributed by atoms with Gasteiger partial charge in [0.25, 0.3) is 0 Å². The normalized spacial score (nSPS) is 12.4. The van der Waals surface area contributed by atoms with Crippen molar-refractivity contribution >= 4 is 5.91 Å². The van der Waals surface area contributed by atoms with Gasteiger partial charge >= 0.3 is 0 Å². The van der Waals surface area contributed by atoms with Gasteiger partial charge in [-0.3, -0.25) is 4.79 Å². The van der Waals surface area contributed by atoms with E-state index >= 15 is 0 Å². The maximum absolute atomic E-state index is 12.1. The highest BCUT2D eigenvalue weighted by molar-refractivity contribution is 5.76. The Hall–Kier alpha value is -0.570. The zero-order valence-corrected chi connectivity index (χ0v) is 13.3. The third-order valence-electron chi connectivity index (χ3n) is 3.41. The summed E-state index contributed by atoms with van der Waals surface area (Å²) in [4.78, 5) is 14.2. The van der Waals surface area contributed by atoms with Crippen molar-refractivity contribution in [3.63, 3.8) is 0 Å². The van der Waals surface area contributed by atoms with Crippen LogP contribution in [0.25, 0.3) is 0 Å². The Morgan fingerprint density at radius 1 is 0.947 bits per heavy atom. The molecule has 114 valence electrons. The molecule has 0 bridgehead atoms. The van der Waals surface area contributed by atoms with Crippen molar-refractivity contribution in [2.24, 2.45) is 5.73 Å². The molecular formula is C16H34N2O. The number of nitrogens with two attached hydrogens (primary N) is 1. The lowest BCUT2D eigenvalue weighted by Gasteiger charge is -2.23. The first-order chi connectivity index (χ1) is 9.11. The number of hydrogen-bond acceptors (Lipinski definition) is 2. The Balaban J connectivity index is 4.02. The molecule has 0 aliphatic rings. The number of carbonyl (C=O) groups excluding carboxylic acids is 1. The van der Waals surface area contributed by atoms with Crippen molar-refractivity contribution in [1.29, 1.82) is 0 Å². The smallest absolute Gasteiger partial charge is 0.224 e. The molecule has 0 heterocycles. The average Bonchev–Trinajstić information content (AvgIpc) is 2.36. The van der Waals surface area contributed by atoms with Gasteiger partial charge in [-0.05, 0) is 19.8 Å². The van der Waals surface area contributed by atoms with Crippen LogP contribution in [0.5, 0.6) is 0 Å². The average molecular weight is 270 g/mol. The summed E-state index contributed by atoms with van der Waals surface area (Å²) < 4.78 is 0. The minimum Gasteiger partial charge on any atom is -0.343 e. The zero-order valence-electron chi connectivity index (χ0n) is 13.3. The van der Waals surface area contributed by atoms with Crippen LogP contribution in [-0.2, 0) is 4.79 Å². The number of rotatable bonds is 12. The van der Waals surface area contributed by atoms with Crippen LogP contribution in [0.1, 0.15) is 78.6 Å². The number of unbranched alkanes of at least 4 members (excludes halogenated alkanes) is 6. The SMILES string of the molecule is CCCCCCN(CCCCCC)C(=O)CC(C)N. The van der Waals surface area contributed by atoms with Crippen LogP contribution in [0.4, 0.5) is 0 Å². The van der Waals surface area contributed by atoms with Crippen molar-refractivity contribution in [2.45, 2.75) is 84.6 Å². The Bertz CT molecular complexity index is 205. The molecule has 1 unspecified atom stereocenters. The predicted octanol–water partition coefficient (Wildman–Crippen LogP) is 3.71. The summed E-state index contributed by atoms with van der Waals surface area (Å²) in [5, 5.41) is 0. The van der Waals surface area contributed by atoms with Crippen LogP contribution in [0, 0.1) is 0 Å². The molecule has 1 atom stereocenters. The van der Waals surface area contributed by atoms with Crippen molar-refractivity contribution in [3.8, 4) is 0 Å². The number of carbonyl (C=O) groups is 1. The van der Waals surface area contributed by atoms with Gasteiger partial charge in [0, 0.05) is 25.6 Å². The van der Waals surface area contributed by atoms with Crippen LogP contribution in [0.15, 0.2) is 0 Å². The van der Waals surface area contributed by atoms with Gasteiger partial charge in [-0.1, -0.05) is 52.4 Å². The van der Waals surface area contributed by atoms with Crippen LogP contribution >= 0.6 is 0 Å². The van der Waals surface area contributed by atoms with Gasteiger partial charge in [0.15, 0.2) is 0 Å². The molecule has 3 heteroatoms. The minimum absolute atomic E-state index is 0.0266. The molecule has 0 fully saturated rings. The first kappa shape index (κ1) is 18.4. The van der Waals surface area contributed by atoms with E-state index in [1.54, 1.807) is 0 Å². The summed E-state index contributed by atoms with van der Waals surface area (Å²) in [6, 6.07) is -0.0266. The zero-order chi connectivity index (χ0) is 14.5. The van der Waals surface area contributed by atoms with Gasteiger partial charge in [0.2, 0.25) is 5.91 Å². The van der Waals surface area contributed by atoms with Crippen LogP contribution in [-0.4, -0.2) is 29.9 Å². The van der Waals surface area contributed by atoms with Crippen LogP contribution in [0.2, 0.25) is 0 Å². The maximum atomic E-state index is 12.1. The molecule has 0 radical (unpaired) electrons. The lowest BCUT2D eigenvalue weighted by molar-refractivity contribution is -0.131. The minimum atomic E-state index is -0.0266. The molecule has 0 saturated carbocycles. The highest BCUT2D eigenvalue weighted by Crippen LogP contribution is 2.07. The van der Waals surface area contributed by atoms with E-state index in [9.17, 15) is 4.79 Å². The largest absolute Gasteiger partial charge is 0.343 e. The lowest BCUT2D eigenvalue weighted by Crippen LogP contribution is -2.36. The fraction of sp³-hybridized carbons (Fsp3) is 0.938. The first-order valence-corrected chi connectivity index (χ1v) is 8.15. The fourth-order valence-electron chi connectivity index (χ4n) is 2.22. The molecule has 0 spiro atoms. The Labute approximate surface area is 119 Å². The summed E-state index contributed by atoms with van der Waals surface area (Å²) in [5.41, 5.74) is 5.74. The molecule has 0 rings (SSSR count). The molecule has 2 N–H and O–H groups in total. The molecule has 19 heavy (non-hydrogen) atoms. The molecule has 1 amide bonds. The molecule has 0 saturated heterocycles. The van der Waals surface area contributed by atoms with E-state index in [1.165, 1.54) is 38.5 Å². The molecule has 3 nitrogen and oxygen atoms in total. The van der Waals surface area contributed by atoms with Gasteiger partial charge in [0.05, 0.1) is 0 Å². The predicted molar refractivity (Wildman–Crippen MR) is 83.1 cm³/mol. The summed E-state index contributed by atoms with van der Waals surface area (Å²) in [5.74, 6) is 0.239. The number of amides is 1. The van der Waals surface area contributed by atoms with Crippen molar-refractivity contribution in [2.75, 3.05) is 13.1 Å². The Morgan fingerprint density at radius 3 is 1.79 bits per heavy atom. The van der Waals surface area contributed by atoms with E-state index in [0.717, 1.165) is 25.9 Å². The topological polar surface area (TPSA) is 46.3 Å². The highest BCUT2D eigenvalue weighted by Gasteiger charge is 2.14. The summed E-state index contributed by atoms with van der Waals surface area (Å²) >= 11 is 0. The second-order valence-corrected chi connectivity index (χ2v) is 5.68. The fourth-order valence-corrected chi connectivity index (χ4v) is 2.22. The monoisotopic (exact) mass is 270 g/mol. The number of nitrogens with zero attached hydrogens (tertiary/aromatic N) is 1. The quantitative estimate of drug-likeness (QED) is 0.549. The summed E-state index contributed by atoms with van der Waals surface area (Å²) in [6.07, 6.45) is 10.2. The van der Waals surface area contributed by atoms with Crippen LogP contribution < -0.4 is 5.73 Å². The molecule has 0 aromatic heterocycles. The Kier molecular flexibility index (Phi) is 12.1.